The molecule has 0 saturated heterocycles. The molecule has 0 amide bonds. The molecular weight excluding hydrogens is 200 g/mol. The zero-order valence-corrected chi connectivity index (χ0v) is 10.9. The van der Waals surface area contributed by atoms with Crippen molar-refractivity contribution in [3.63, 3.8) is 0 Å². The molecule has 0 aromatic heterocycles. The second-order valence-corrected chi connectivity index (χ2v) is 4.94. The monoisotopic (exact) mass is 224 g/mol. The highest BCUT2D eigenvalue weighted by Gasteiger charge is 2.01. The summed E-state index contributed by atoms with van der Waals surface area (Å²) >= 11 is 0. The van der Waals surface area contributed by atoms with E-state index in [4.69, 9.17) is 5.11 Å². The van der Waals surface area contributed by atoms with Crippen LogP contribution in [-0.2, 0) is 4.79 Å². The first-order chi connectivity index (χ1) is 7.41. The van der Waals surface area contributed by atoms with Gasteiger partial charge in [0.2, 0.25) is 0 Å². The maximum Gasteiger partial charge on any atom is 0.328 e. The SMILES string of the molecule is CC(C=CCC(C)CCC(C)C)=CC(=O)O. The first-order valence-corrected chi connectivity index (χ1v) is 5.99. The average molecular weight is 224 g/mol. The van der Waals surface area contributed by atoms with E-state index in [1.54, 1.807) is 0 Å². The molecule has 0 aromatic rings. The molecule has 0 saturated carbocycles. The van der Waals surface area contributed by atoms with Gasteiger partial charge in [-0.2, -0.15) is 0 Å². The van der Waals surface area contributed by atoms with E-state index >= 15 is 0 Å². The van der Waals surface area contributed by atoms with Crippen LogP contribution in [0.2, 0.25) is 0 Å². The molecule has 0 aliphatic carbocycles. The van der Waals surface area contributed by atoms with Crippen LogP contribution in [-0.4, -0.2) is 11.1 Å². The van der Waals surface area contributed by atoms with E-state index in [9.17, 15) is 4.79 Å². The summed E-state index contributed by atoms with van der Waals surface area (Å²) in [7, 11) is 0. The quantitative estimate of drug-likeness (QED) is 0.523. The minimum atomic E-state index is -0.880. The number of carboxylic acid groups (broad SMARTS) is 1. The number of carbonyl (C=O) groups is 1. The van der Waals surface area contributed by atoms with Crippen molar-refractivity contribution in [3.8, 4) is 0 Å². The van der Waals surface area contributed by atoms with Crippen molar-refractivity contribution in [1.82, 2.24) is 0 Å². The number of rotatable bonds is 7. The van der Waals surface area contributed by atoms with Crippen molar-refractivity contribution < 1.29 is 9.90 Å². The fraction of sp³-hybridized carbons (Fsp3) is 0.643. The third-order valence-electron chi connectivity index (χ3n) is 2.51. The Morgan fingerprint density at radius 3 is 2.38 bits per heavy atom. The Morgan fingerprint density at radius 2 is 1.88 bits per heavy atom. The lowest BCUT2D eigenvalue weighted by molar-refractivity contribution is -0.131. The van der Waals surface area contributed by atoms with Crippen LogP contribution < -0.4 is 0 Å². The van der Waals surface area contributed by atoms with Crippen molar-refractivity contribution >= 4 is 5.97 Å². The van der Waals surface area contributed by atoms with Crippen LogP contribution in [0, 0.1) is 11.8 Å². The second-order valence-electron chi connectivity index (χ2n) is 4.94. The molecule has 0 heterocycles. The van der Waals surface area contributed by atoms with Gasteiger partial charge in [-0.1, -0.05) is 45.8 Å². The number of hydrogen-bond acceptors (Lipinski definition) is 1. The van der Waals surface area contributed by atoms with Crippen molar-refractivity contribution in [2.75, 3.05) is 0 Å². The molecule has 0 aliphatic rings. The standard InChI is InChI=1S/C14H24O2/c1-11(2)8-9-12(3)6-5-7-13(4)10-14(15)16/h5,7,10-12H,6,8-9H2,1-4H3,(H,15,16). The summed E-state index contributed by atoms with van der Waals surface area (Å²) < 4.78 is 0. The lowest BCUT2D eigenvalue weighted by Gasteiger charge is -2.10. The molecule has 1 unspecified atom stereocenters. The molecule has 0 spiro atoms. The number of aliphatic carboxylic acids is 1. The molecule has 92 valence electrons. The first-order valence-electron chi connectivity index (χ1n) is 5.99. The highest BCUT2D eigenvalue weighted by molar-refractivity contribution is 5.81. The lowest BCUT2D eigenvalue weighted by atomic mass is 9.96. The smallest absolute Gasteiger partial charge is 0.328 e. The third kappa shape index (κ3) is 9.50. The summed E-state index contributed by atoms with van der Waals surface area (Å²) in [6.45, 7) is 8.52. The Bertz CT molecular complexity index is 262. The molecule has 0 rings (SSSR count). The van der Waals surface area contributed by atoms with Gasteiger partial charge >= 0.3 is 5.97 Å². The van der Waals surface area contributed by atoms with Crippen LogP contribution in [0.25, 0.3) is 0 Å². The van der Waals surface area contributed by atoms with Crippen LogP contribution in [0.15, 0.2) is 23.8 Å². The van der Waals surface area contributed by atoms with E-state index < -0.39 is 5.97 Å². The average Bonchev–Trinajstić information content (AvgIpc) is 2.13. The largest absolute Gasteiger partial charge is 0.478 e. The fourth-order valence-electron chi connectivity index (χ4n) is 1.46. The van der Waals surface area contributed by atoms with Gasteiger partial charge in [0.25, 0.3) is 0 Å². The van der Waals surface area contributed by atoms with Gasteiger partial charge in [0, 0.05) is 6.08 Å². The molecule has 2 nitrogen and oxygen atoms in total. The van der Waals surface area contributed by atoms with E-state index in [0.29, 0.717) is 5.92 Å². The fourth-order valence-corrected chi connectivity index (χ4v) is 1.46. The zero-order valence-electron chi connectivity index (χ0n) is 10.9. The summed E-state index contributed by atoms with van der Waals surface area (Å²) in [4.78, 5) is 10.4. The predicted molar refractivity (Wildman–Crippen MR) is 68.4 cm³/mol. The van der Waals surface area contributed by atoms with Gasteiger partial charge in [0.1, 0.15) is 0 Å². The number of allylic oxidation sites excluding steroid dienone is 3. The number of hydrogen-bond donors (Lipinski definition) is 1. The summed E-state index contributed by atoms with van der Waals surface area (Å²) in [5.41, 5.74) is 0.795. The molecule has 0 aromatic carbocycles. The minimum Gasteiger partial charge on any atom is -0.478 e. The Balaban J connectivity index is 3.86. The number of carboxylic acids is 1. The molecule has 0 aliphatic heterocycles. The maximum atomic E-state index is 10.4. The van der Waals surface area contributed by atoms with E-state index in [1.165, 1.54) is 18.9 Å². The molecule has 1 atom stereocenters. The summed E-state index contributed by atoms with van der Waals surface area (Å²) in [5, 5.41) is 8.53. The van der Waals surface area contributed by atoms with E-state index in [-0.39, 0.29) is 0 Å². The highest BCUT2D eigenvalue weighted by atomic mass is 16.4. The van der Waals surface area contributed by atoms with E-state index in [2.05, 4.69) is 26.8 Å². The molecule has 2 heteroatoms. The van der Waals surface area contributed by atoms with Crippen LogP contribution >= 0.6 is 0 Å². The Labute approximate surface area is 99.1 Å². The summed E-state index contributed by atoms with van der Waals surface area (Å²) in [6, 6.07) is 0. The van der Waals surface area contributed by atoms with Crippen molar-refractivity contribution in [2.24, 2.45) is 11.8 Å². The van der Waals surface area contributed by atoms with Gasteiger partial charge < -0.3 is 5.11 Å². The van der Waals surface area contributed by atoms with Gasteiger partial charge in [-0.05, 0) is 30.8 Å². The minimum absolute atomic E-state index is 0.677. The summed E-state index contributed by atoms with van der Waals surface area (Å²) in [6.07, 6.45) is 8.72. The van der Waals surface area contributed by atoms with Gasteiger partial charge in [0.05, 0.1) is 0 Å². The van der Waals surface area contributed by atoms with Crippen LogP contribution in [0.5, 0.6) is 0 Å². The lowest BCUT2D eigenvalue weighted by Crippen LogP contribution is -1.96. The third-order valence-corrected chi connectivity index (χ3v) is 2.51. The van der Waals surface area contributed by atoms with Gasteiger partial charge in [-0.15, -0.1) is 0 Å². The molecule has 0 bridgehead atoms. The second kappa shape index (κ2) is 8.14. The van der Waals surface area contributed by atoms with E-state index in [1.807, 2.05) is 13.0 Å². The van der Waals surface area contributed by atoms with E-state index in [0.717, 1.165) is 17.9 Å². The van der Waals surface area contributed by atoms with Crippen LogP contribution in [0.3, 0.4) is 0 Å². The van der Waals surface area contributed by atoms with Crippen molar-refractivity contribution in [3.05, 3.63) is 23.8 Å². The molecular formula is C14H24O2. The van der Waals surface area contributed by atoms with Crippen molar-refractivity contribution in [2.45, 2.75) is 47.0 Å². The highest BCUT2D eigenvalue weighted by Crippen LogP contribution is 2.15. The molecule has 16 heavy (non-hydrogen) atoms. The van der Waals surface area contributed by atoms with Crippen molar-refractivity contribution in [1.29, 1.82) is 0 Å². The molecule has 0 radical (unpaired) electrons. The van der Waals surface area contributed by atoms with Gasteiger partial charge in [-0.3, -0.25) is 0 Å². The van der Waals surface area contributed by atoms with Gasteiger partial charge in [-0.25, -0.2) is 4.79 Å². The van der Waals surface area contributed by atoms with Crippen LogP contribution in [0.4, 0.5) is 0 Å². The van der Waals surface area contributed by atoms with Crippen LogP contribution in [0.1, 0.15) is 47.0 Å². The Hall–Kier alpha value is -1.05. The molecule has 1 N–H and O–H groups in total. The molecule has 0 fully saturated rings. The predicted octanol–water partition coefficient (Wildman–Crippen LogP) is 4.04. The van der Waals surface area contributed by atoms with Gasteiger partial charge in [0.15, 0.2) is 0 Å². The Kier molecular flexibility index (Phi) is 7.61. The normalized spacial score (nSPS) is 14.7. The first kappa shape index (κ1) is 14.9. The Morgan fingerprint density at radius 1 is 1.25 bits per heavy atom. The topological polar surface area (TPSA) is 37.3 Å². The zero-order chi connectivity index (χ0) is 12.6. The maximum absolute atomic E-state index is 10.4. The summed E-state index contributed by atoms with van der Waals surface area (Å²) in [5.74, 6) is 0.561.